The molecular formula is C8H11ClN2O. The van der Waals surface area contributed by atoms with Crippen LogP contribution in [-0.2, 0) is 11.3 Å². The molecule has 4 heteroatoms. The molecule has 0 aliphatic heterocycles. The van der Waals surface area contributed by atoms with Gasteiger partial charge >= 0.3 is 0 Å². The van der Waals surface area contributed by atoms with Crippen molar-refractivity contribution in [1.29, 1.82) is 0 Å². The van der Waals surface area contributed by atoms with Gasteiger partial charge in [-0.25, -0.2) is 10.5 Å². The Hall–Kier alpha value is -0.640. The minimum Gasteiger partial charge on any atom is -0.305 e. The van der Waals surface area contributed by atoms with Crippen LogP contribution in [0.5, 0.6) is 0 Å². The molecule has 1 aromatic rings. The van der Waals surface area contributed by atoms with Gasteiger partial charge in [0.15, 0.2) is 0 Å². The van der Waals surface area contributed by atoms with Gasteiger partial charge in [-0.05, 0) is 18.1 Å². The lowest BCUT2D eigenvalue weighted by Crippen LogP contribution is -2.15. The topological polar surface area (TPSA) is 34.1 Å². The van der Waals surface area contributed by atoms with E-state index in [9.17, 15) is 0 Å². The first kappa shape index (κ1) is 9.45. The molecule has 1 heterocycles. The normalized spacial score (nSPS) is 10.2. The number of hydrogen-bond acceptors (Lipinski definition) is 3. The van der Waals surface area contributed by atoms with Crippen molar-refractivity contribution in [2.45, 2.75) is 6.42 Å². The molecule has 12 heavy (non-hydrogen) atoms. The Kier molecular flexibility index (Phi) is 4.00. The van der Waals surface area contributed by atoms with Gasteiger partial charge in [0.05, 0.1) is 7.11 Å². The maximum absolute atomic E-state index is 5.62. The summed E-state index contributed by atoms with van der Waals surface area (Å²) in [5, 5.41) is 0.526. The van der Waals surface area contributed by atoms with Crippen LogP contribution in [0.25, 0.3) is 0 Å². The second-order valence-electron chi connectivity index (χ2n) is 2.34. The molecule has 0 saturated heterocycles. The highest BCUT2D eigenvalue weighted by Gasteiger charge is 1.92. The highest BCUT2D eigenvalue weighted by Crippen LogP contribution is 2.04. The first-order valence-electron chi connectivity index (χ1n) is 3.69. The molecule has 0 bridgehead atoms. The summed E-state index contributed by atoms with van der Waals surface area (Å²) in [5.74, 6) is 0. The first-order valence-corrected chi connectivity index (χ1v) is 4.07. The third-order valence-electron chi connectivity index (χ3n) is 1.45. The fourth-order valence-corrected chi connectivity index (χ4v) is 0.964. The molecule has 66 valence electrons. The van der Waals surface area contributed by atoms with Gasteiger partial charge in [-0.15, -0.1) is 0 Å². The molecule has 0 amide bonds. The van der Waals surface area contributed by atoms with Crippen molar-refractivity contribution in [3.8, 4) is 0 Å². The van der Waals surface area contributed by atoms with Gasteiger partial charge in [0, 0.05) is 12.7 Å². The Morgan fingerprint density at radius 1 is 1.58 bits per heavy atom. The smallest absolute Gasteiger partial charge is 0.129 e. The summed E-state index contributed by atoms with van der Waals surface area (Å²) in [5.41, 5.74) is 3.89. The number of rotatable bonds is 4. The van der Waals surface area contributed by atoms with Gasteiger partial charge in [0.1, 0.15) is 5.15 Å². The standard InChI is InChI=1S/C8H11ClN2O/c1-12-11-5-4-7-2-3-8(9)10-6-7/h2-3,6,11H,4-5H2,1H3. The zero-order chi connectivity index (χ0) is 8.81. The average Bonchev–Trinajstić information content (AvgIpc) is 2.09. The highest BCUT2D eigenvalue weighted by molar-refractivity contribution is 6.29. The fourth-order valence-electron chi connectivity index (χ4n) is 0.852. The minimum absolute atomic E-state index is 0.526. The molecule has 1 N–H and O–H groups in total. The number of hydrogen-bond donors (Lipinski definition) is 1. The van der Waals surface area contributed by atoms with Gasteiger partial charge in [0.2, 0.25) is 0 Å². The SMILES string of the molecule is CONCCc1ccc(Cl)nc1. The molecule has 0 fully saturated rings. The molecule has 0 atom stereocenters. The van der Waals surface area contributed by atoms with Gasteiger partial charge < -0.3 is 4.84 Å². The number of aromatic nitrogens is 1. The average molecular weight is 187 g/mol. The first-order chi connectivity index (χ1) is 5.83. The van der Waals surface area contributed by atoms with Crippen LogP contribution in [0.15, 0.2) is 18.3 Å². The zero-order valence-corrected chi connectivity index (χ0v) is 7.64. The number of nitrogens with one attached hydrogen (secondary N) is 1. The summed E-state index contributed by atoms with van der Waals surface area (Å²) >= 11 is 5.62. The van der Waals surface area contributed by atoms with Crippen LogP contribution < -0.4 is 5.48 Å². The van der Waals surface area contributed by atoms with Crippen molar-refractivity contribution < 1.29 is 4.84 Å². The summed E-state index contributed by atoms with van der Waals surface area (Å²) < 4.78 is 0. The van der Waals surface area contributed by atoms with Crippen molar-refractivity contribution in [3.63, 3.8) is 0 Å². The Morgan fingerprint density at radius 2 is 2.42 bits per heavy atom. The maximum atomic E-state index is 5.62. The lowest BCUT2D eigenvalue weighted by atomic mass is 10.2. The van der Waals surface area contributed by atoms with Crippen LogP contribution >= 0.6 is 11.6 Å². The zero-order valence-electron chi connectivity index (χ0n) is 6.88. The number of hydroxylamine groups is 1. The lowest BCUT2D eigenvalue weighted by Gasteiger charge is -2.00. The van der Waals surface area contributed by atoms with Crippen LogP contribution in [0.2, 0.25) is 5.15 Å². The third kappa shape index (κ3) is 3.17. The molecule has 0 unspecified atom stereocenters. The van der Waals surface area contributed by atoms with Crippen molar-refractivity contribution in [2.75, 3.05) is 13.7 Å². The largest absolute Gasteiger partial charge is 0.305 e. The predicted molar refractivity (Wildman–Crippen MR) is 48.0 cm³/mol. The van der Waals surface area contributed by atoms with E-state index in [1.165, 1.54) is 0 Å². The number of nitrogens with zero attached hydrogens (tertiary/aromatic N) is 1. The Labute approximate surface area is 76.7 Å². The molecular weight excluding hydrogens is 176 g/mol. The Balaban J connectivity index is 2.37. The van der Waals surface area contributed by atoms with E-state index in [1.54, 1.807) is 19.4 Å². The third-order valence-corrected chi connectivity index (χ3v) is 1.67. The molecule has 1 rings (SSSR count). The van der Waals surface area contributed by atoms with E-state index in [0.29, 0.717) is 5.15 Å². The van der Waals surface area contributed by atoms with Crippen molar-refractivity contribution in [2.24, 2.45) is 0 Å². The summed E-state index contributed by atoms with van der Waals surface area (Å²) in [6, 6.07) is 3.73. The summed E-state index contributed by atoms with van der Waals surface area (Å²) in [4.78, 5) is 8.65. The van der Waals surface area contributed by atoms with Crippen LogP contribution in [0.3, 0.4) is 0 Å². The van der Waals surface area contributed by atoms with Crippen LogP contribution in [0, 0.1) is 0 Å². The monoisotopic (exact) mass is 186 g/mol. The van der Waals surface area contributed by atoms with Crippen molar-refractivity contribution >= 4 is 11.6 Å². The van der Waals surface area contributed by atoms with Crippen molar-refractivity contribution in [1.82, 2.24) is 10.5 Å². The van der Waals surface area contributed by atoms with Gasteiger partial charge in [-0.1, -0.05) is 17.7 Å². The van der Waals surface area contributed by atoms with Crippen molar-refractivity contribution in [3.05, 3.63) is 29.0 Å². The van der Waals surface area contributed by atoms with Crippen LogP contribution in [-0.4, -0.2) is 18.6 Å². The van der Waals surface area contributed by atoms with Crippen LogP contribution in [0.4, 0.5) is 0 Å². The molecule has 0 radical (unpaired) electrons. The number of pyridine rings is 1. The molecule has 0 aliphatic rings. The second kappa shape index (κ2) is 5.09. The quantitative estimate of drug-likeness (QED) is 0.439. The fraction of sp³-hybridized carbons (Fsp3) is 0.375. The molecule has 0 saturated carbocycles. The maximum Gasteiger partial charge on any atom is 0.129 e. The van der Waals surface area contributed by atoms with E-state index < -0.39 is 0 Å². The van der Waals surface area contributed by atoms with E-state index in [4.69, 9.17) is 16.4 Å². The summed E-state index contributed by atoms with van der Waals surface area (Å²) in [6.45, 7) is 0.778. The minimum atomic E-state index is 0.526. The van der Waals surface area contributed by atoms with Gasteiger partial charge in [0.25, 0.3) is 0 Å². The molecule has 0 aliphatic carbocycles. The van der Waals surface area contributed by atoms with Crippen LogP contribution in [0.1, 0.15) is 5.56 Å². The molecule has 3 nitrogen and oxygen atoms in total. The Bertz CT molecular complexity index is 225. The lowest BCUT2D eigenvalue weighted by molar-refractivity contribution is 0.0928. The Morgan fingerprint density at radius 3 is 3.00 bits per heavy atom. The highest BCUT2D eigenvalue weighted by atomic mass is 35.5. The molecule has 0 aromatic carbocycles. The molecule has 1 aromatic heterocycles. The van der Waals surface area contributed by atoms with E-state index >= 15 is 0 Å². The van der Waals surface area contributed by atoms with E-state index in [2.05, 4.69) is 10.5 Å². The van der Waals surface area contributed by atoms with Gasteiger partial charge in [-0.3, -0.25) is 0 Å². The molecule has 0 spiro atoms. The second-order valence-corrected chi connectivity index (χ2v) is 2.72. The van der Waals surface area contributed by atoms with Gasteiger partial charge in [-0.2, -0.15) is 0 Å². The number of halogens is 1. The van der Waals surface area contributed by atoms with E-state index in [0.717, 1.165) is 18.5 Å². The summed E-state index contributed by atoms with van der Waals surface area (Å²) in [6.07, 6.45) is 2.65. The summed E-state index contributed by atoms with van der Waals surface area (Å²) in [7, 11) is 1.60. The van der Waals surface area contributed by atoms with E-state index in [1.807, 2.05) is 6.07 Å². The van der Waals surface area contributed by atoms with E-state index in [-0.39, 0.29) is 0 Å². The predicted octanol–water partition coefficient (Wildman–Crippen LogP) is 1.43.